The fraction of sp³-hybridized carbons (Fsp3) is 0.0952. The van der Waals surface area contributed by atoms with Crippen LogP contribution in [0.15, 0.2) is 83.8 Å². The first-order valence-corrected chi connectivity index (χ1v) is 10.7. The Morgan fingerprint density at radius 1 is 0.931 bits per heavy atom. The molecule has 0 aliphatic carbocycles. The summed E-state index contributed by atoms with van der Waals surface area (Å²) in [5.74, 6) is 0.281. The minimum absolute atomic E-state index is 0.0254. The Bertz CT molecular complexity index is 1070. The van der Waals surface area contributed by atoms with E-state index in [4.69, 9.17) is 16.3 Å². The van der Waals surface area contributed by atoms with Crippen molar-refractivity contribution in [2.75, 3.05) is 17.9 Å². The summed E-state index contributed by atoms with van der Waals surface area (Å²) in [5, 5.41) is 2.72. The van der Waals surface area contributed by atoms with Crippen molar-refractivity contribution in [2.45, 2.75) is 4.90 Å². The molecule has 0 fully saturated rings. The topological polar surface area (TPSA) is 84.5 Å². The van der Waals surface area contributed by atoms with E-state index < -0.39 is 15.9 Å². The largest absolute Gasteiger partial charge is 0.492 e. The van der Waals surface area contributed by atoms with Crippen LogP contribution in [-0.2, 0) is 10.0 Å². The van der Waals surface area contributed by atoms with Crippen molar-refractivity contribution in [3.8, 4) is 5.75 Å². The zero-order valence-corrected chi connectivity index (χ0v) is 16.9. The zero-order chi connectivity index (χ0) is 20.7. The van der Waals surface area contributed by atoms with Gasteiger partial charge >= 0.3 is 0 Å². The van der Waals surface area contributed by atoms with E-state index in [0.29, 0.717) is 11.4 Å². The fourth-order valence-corrected chi connectivity index (χ4v) is 4.10. The molecule has 0 unspecified atom stereocenters. The van der Waals surface area contributed by atoms with Crippen LogP contribution in [0.25, 0.3) is 0 Å². The third kappa shape index (κ3) is 5.73. The van der Waals surface area contributed by atoms with Gasteiger partial charge in [-0.1, -0.05) is 48.0 Å². The minimum Gasteiger partial charge on any atom is -0.492 e. The van der Waals surface area contributed by atoms with Crippen LogP contribution in [0.2, 0.25) is 5.02 Å². The van der Waals surface area contributed by atoms with Gasteiger partial charge in [-0.25, -0.2) is 8.42 Å². The molecule has 0 aromatic heterocycles. The van der Waals surface area contributed by atoms with E-state index in [1.807, 2.05) is 30.3 Å². The molecular weight excluding hydrogens is 412 g/mol. The van der Waals surface area contributed by atoms with Crippen LogP contribution in [-0.4, -0.2) is 27.5 Å². The lowest BCUT2D eigenvalue weighted by atomic mass is 10.2. The number of halogens is 1. The average Bonchev–Trinajstić information content (AvgIpc) is 2.72. The first-order chi connectivity index (χ1) is 14.0. The van der Waals surface area contributed by atoms with Gasteiger partial charge < -0.3 is 10.1 Å². The number of carbonyl (C=O) groups excluding carboxylic acids is 1. The number of benzene rings is 3. The highest BCUT2D eigenvalue weighted by atomic mass is 35.5. The summed E-state index contributed by atoms with van der Waals surface area (Å²) in [6, 6.07) is 21.8. The number of carbonyl (C=O) groups is 1. The summed E-state index contributed by atoms with van der Waals surface area (Å²) >= 11 is 6.08. The molecule has 3 rings (SSSR count). The highest BCUT2D eigenvalue weighted by Crippen LogP contribution is 2.25. The van der Waals surface area contributed by atoms with Gasteiger partial charge in [0.05, 0.1) is 11.6 Å². The van der Waals surface area contributed by atoms with Crippen molar-refractivity contribution in [2.24, 2.45) is 0 Å². The Kier molecular flexibility index (Phi) is 6.74. The van der Waals surface area contributed by atoms with Gasteiger partial charge in [0.25, 0.3) is 15.9 Å². The fourth-order valence-electron chi connectivity index (χ4n) is 2.52. The van der Waals surface area contributed by atoms with Crippen LogP contribution in [0.1, 0.15) is 10.4 Å². The average molecular weight is 431 g/mol. The molecule has 8 heteroatoms. The second-order valence-corrected chi connectivity index (χ2v) is 8.09. The van der Waals surface area contributed by atoms with Crippen LogP contribution < -0.4 is 14.8 Å². The molecule has 0 aliphatic heterocycles. The van der Waals surface area contributed by atoms with Crippen molar-refractivity contribution < 1.29 is 17.9 Å². The lowest BCUT2D eigenvalue weighted by Crippen LogP contribution is -2.28. The Balaban J connectivity index is 1.65. The molecule has 0 saturated carbocycles. The van der Waals surface area contributed by atoms with E-state index in [-0.39, 0.29) is 28.6 Å². The number of rotatable bonds is 8. The number of ether oxygens (including phenoxy) is 1. The minimum atomic E-state index is -3.95. The second kappa shape index (κ2) is 9.45. The second-order valence-electron chi connectivity index (χ2n) is 6.03. The molecule has 0 heterocycles. The molecule has 0 aliphatic rings. The summed E-state index contributed by atoms with van der Waals surface area (Å²) in [5.41, 5.74) is 0.582. The van der Waals surface area contributed by atoms with Crippen LogP contribution in [0.5, 0.6) is 5.75 Å². The van der Waals surface area contributed by atoms with Gasteiger partial charge in [0.15, 0.2) is 0 Å². The van der Waals surface area contributed by atoms with E-state index in [0.717, 1.165) is 0 Å². The molecule has 6 nitrogen and oxygen atoms in total. The highest BCUT2D eigenvalue weighted by molar-refractivity contribution is 7.92. The quantitative estimate of drug-likeness (QED) is 0.530. The number of para-hydroxylation sites is 2. The molecule has 0 spiro atoms. The Morgan fingerprint density at radius 2 is 1.59 bits per heavy atom. The Morgan fingerprint density at radius 3 is 2.28 bits per heavy atom. The number of hydrogen-bond acceptors (Lipinski definition) is 4. The number of sulfonamides is 1. The zero-order valence-electron chi connectivity index (χ0n) is 15.3. The molecule has 0 saturated heterocycles. The molecule has 3 aromatic carbocycles. The molecule has 150 valence electrons. The van der Waals surface area contributed by atoms with Crippen LogP contribution in [0.3, 0.4) is 0 Å². The van der Waals surface area contributed by atoms with Gasteiger partial charge in [0.2, 0.25) is 0 Å². The van der Waals surface area contributed by atoms with Crippen molar-refractivity contribution in [3.63, 3.8) is 0 Å². The van der Waals surface area contributed by atoms with E-state index >= 15 is 0 Å². The van der Waals surface area contributed by atoms with Gasteiger partial charge in [-0.05, 0) is 42.5 Å². The predicted molar refractivity (Wildman–Crippen MR) is 113 cm³/mol. The maximum Gasteiger partial charge on any atom is 0.263 e. The van der Waals surface area contributed by atoms with Crippen LogP contribution in [0.4, 0.5) is 5.69 Å². The Hall–Kier alpha value is -3.03. The van der Waals surface area contributed by atoms with Crippen molar-refractivity contribution >= 4 is 33.2 Å². The number of hydrogen-bond donors (Lipinski definition) is 2. The van der Waals surface area contributed by atoms with E-state index in [1.165, 1.54) is 18.2 Å². The molecule has 29 heavy (non-hydrogen) atoms. The summed E-state index contributed by atoms with van der Waals surface area (Å²) in [7, 11) is -3.95. The van der Waals surface area contributed by atoms with Crippen molar-refractivity contribution in [3.05, 3.63) is 89.4 Å². The molecule has 0 atom stereocenters. The monoisotopic (exact) mass is 430 g/mol. The molecular formula is C21H19ClN2O4S. The maximum absolute atomic E-state index is 12.7. The summed E-state index contributed by atoms with van der Waals surface area (Å²) in [6.45, 7) is 0.546. The standard InChI is InChI=1S/C21H19ClN2O4S/c22-19-12-11-16(21(25)23-13-14-28-18-9-5-2-6-10-18)15-20(19)29(26,27)24-17-7-3-1-4-8-17/h1-12,15,24H,13-14H2,(H,23,25). The van der Waals surface area contributed by atoms with Crippen molar-refractivity contribution in [1.29, 1.82) is 0 Å². The molecule has 2 N–H and O–H groups in total. The number of nitrogens with one attached hydrogen (secondary N) is 2. The SMILES string of the molecule is O=C(NCCOc1ccccc1)c1ccc(Cl)c(S(=O)(=O)Nc2ccccc2)c1. The highest BCUT2D eigenvalue weighted by Gasteiger charge is 2.20. The van der Waals surface area contributed by atoms with Crippen LogP contribution >= 0.6 is 11.6 Å². The van der Waals surface area contributed by atoms with E-state index in [2.05, 4.69) is 10.0 Å². The van der Waals surface area contributed by atoms with Gasteiger partial charge in [-0.2, -0.15) is 0 Å². The van der Waals surface area contributed by atoms with Gasteiger partial charge in [0, 0.05) is 11.3 Å². The number of anilines is 1. The summed E-state index contributed by atoms with van der Waals surface area (Å²) in [4.78, 5) is 12.2. The smallest absolute Gasteiger partial charge is 0.263 e. The summed E-state index contributed by atoms with van der Waals surface area (Å²) in [6.07, 6.45) is 0. The normalized spacial score (nSPS) is 10.9. The Labute approximate surface area is 174 Å². The number of amides is 1. The maximum atomic E-state index is 12.7. The third-order valence-corrected chi connectivity index (χ3v) is 5.77. The molecule has 0 radical (unpaired) electrons. The first-order valence-electron chi connectivity index (χ1n) is 8.79. The molecule has 1 amide bonds. The summed E-state index contributed by atoms with van der Waals surface area (Å²) < 4.78 is 33.3. The lowest BCUT2D eigenvalue weighted by molar-refractivity contribution is 0.0947. The van der Waals surface area contributed by atoms with Gasteiger partial charge in [0.1, 0.15) is 17.3 Å². The molecule has 3 aromatic rings. The predicted octanol–water partition coefficient (Wildman–Crippen LogP) is 3.95. The van der Waals surface area contributed by atoms with Gasteiger partial charge in [-0.3, -0.25) is 9.52 Å². The van der Waals surface area contributed by atoms with Crippen LogP contribution in [0, 0.1) is 0 Å². The van der Waals surface area contributed by atoms with Gasteiger partial charge in [-0.15, -0.1) is 0 Å². The molecule has 0 bridgehead atoms. The van der Waals surface area contributed by atoms with Crippen molar-refractivity contribution in [1.82, 2.24) is 5.32 Å². The lowest BCUT2D eigenvalue weighted by Gasteiger charge is -2.12. The first kappa shape index (κ1) is 20.7. The van der Waals surface area contributed by atoms with E-state index in [1.54, 1.807) is 30.3 Å². The van der Waals surface area contributed by atoms with E-state index in [9.17, 15) is 13.2 Å². The third-order valence-electron chi connectivity index (χ3n) is 3.91.